The maximum absolute atomic E-state index is 5.62. The zero-order valence-electron chi connectivity index (χ0n) is 9.77. The summed E-state index contributed by atoms with van der Waals surface area (Å²) in [6, 6.07) is 4.12. The summed E-state index contributed by atoms with van der Waals surface area (Å²) < 4.78 is 10.7. The van der Waals surface area contributed by atoms with Crippen molar-refractivity contribution in [1.29, 1.82) is 0 Å². The molecular weight excluding hydrogens is 204 g/mol. The number of pyridine rings is 1. The smallest absolute Gasteiger partial charge is 0.137 e. The summed E-state index contributed by atoms with van der Waals surface area (Å²) in [5, 5.41) is 3.34. The Hall–Kier alpha value is -1.29. The lowest BCUT2D eigenvalue weighted by molar-refractivity contribution is 0.0995. The van der Waals surface area contributed by atoms with Crippen LogP contribution in [0.4, 0.5) is 5.82 Å². The van der Waals surface area contributed by atoms with Crippen molar-refractivity contribution in [2.75, 3.05) is 19.0 Å². The molecule has 16 heavy (non-hydrogen) atoms. The van der Waals surface area contributed by atoms with Crippen molar-refractivity contribution in [3.63, 3.8) is 0 Å². The highest BCUT2D eigenvalue weighted by Gasteiger charge is 2.22. The van der Waals surface area contributed by atoms with Gasteiger partial charge < -0.3 is 14.8 Å². The van der Waals surface area contributed by atoms with Gasteiger partial charge in [-0.3, -0.25) is 0 Å². The SMILES string of the molecule is COc1ccc(NC(C)C2CCCO2)nc1. The fourth-order valence-corrected chi connectivity index (χ4v) is 1.91. The van der Waals surface area contributed by atoms with Gasteiger partial charge in [0.15, 0.2) is 0 Å². The maximum atomic E-state index is 5.62. The van der Waals surface area contributed by atoms with E-state index in [1.165, 1.54) is 0 Å². The Morgan fingerprint density at radius 1 is 1.56 bits per heavy atom. The maximum Gasteiger partial charge on any atom is 0.137 e. The van der Waals surface area contributed by atoms with Crippen molar-refractivity contribution in [3.05, 3.63) is 18.3 Å². The van der Waals surface area contributed by atoms with Crippen LogP contribution < -0.4 is 10.1 Å². The molecule has 2 heterocycles. The van der Waals surface area contributed by atoms with Crippen LogP contribution in [0.2, 0.25) is 0 Å². The summed E-state index contributed by atoms with van der Waals surface area (Å²) in [4.78, 5) is 4.27. The van der Waals surface area contributed by atoms with Crippen LogP contribution in [0.1, 0.15) is 19.8 Å². The van der Waals surface area contributed by atoms with Gasteiger partial charge in [-0.1, -0.05) is 0 Å². The van der Waals surface area contributed by atoms with Crippen LogP contribution in [0.25, 0.3) is 0 Å². The van der Waals surface area contributed by atoms with E-state index in [4.69, 9.17) is 9.47 Å². The minimum atomic E-state index is 0.295. The molecule has 0 aromatic carbocycles. The van der Waals surface area contributed by atoms with Gasteiger partial charge in [0.2, 0.25) is 0 Å². The first-order chi connectivity index (χ1) is 7.79. The Kier molecular flexibility index (Phi) is 3.62. The molecule has 0 bridgehead atoms. The van der Waals surface area contributed by atoms with Crippen LogP contribution in [-0.2, 0) is 4.74 Å². The molecule has 1 fully saturated rings. The van der Waals surface area contributed by atoms with Gasteiger partial charge >= 0.3 is 0 Å². The monoisotopic (exact) mass is 222 g/mol. The van der Waals surface area contributed by atoms with Crippen LogP contribution in [-0.4, -0.2) is 30.8 Å². The summed E-state index contributed by atoms with van der Waals surface area (Å²) in [5.41, 5.74) is 0. The minimum Gasteiger partial charge on any atom is -0.495 e. The molecule has 0 saturated carbocycles. The third kappa shape index (κ3) is 2.64. The van der Waals surface area contributed by atoms with Crippen molar-refractivity contribution >= 4 is 5.82 Å². The summed E-state index contributed by atoms with van der Waals surface area (Å²) in [5.74, 6) is 1.64. The molecule has 2 unspecified atom stereocenters. The van der Waals surface area contributed by atoms with E-state index < -0.39 is 0 Å². The number of methoxy groups -OCH3 is 1. The summed E-state index contributed by atoms with van der Waals surface area (Å²) in [7, 11) is 1.64. The third-order valence-electron chi connectivity index (χ3n) is 2.87. The lowest BCUT2D eigenvalue weighted by Crippen LogP contribution is -2.30. The normalized spacial score (nSPS) is 21.8. The second-order valence-electron chi connectivity index (χ2n) is 4.07. The predicted molar refractivity (Wildman–Crippen MR) is 62.8 cm³/mol. The van der Waals surface area contributed by atoms with E-state index in [0.717, 1.165) is 31.0 Å². The second kappa shape index (κ2) is 5.16. The number of hydrogen-bond acceptors (Lipinski definition) is 4. The van der Waals surface area contributed by atoms with E-state index in [2.05, 4.69) is 17.2 Å². The first kappa shape index (κ1) is 11.2. The van der Waals surface area contributed by atoms with E-state index in [1.54, 1.807) is 13.3 Å². The second-order valence-corrected chi connectivity index (χ2v) is 4.07. The summed E-state index contributed by atoms with van der Waals surface area (Å²) >= 11 is 0. The number of nitrogens with zero attached hydrogens (tertiary/aromatic N) is 1. The first-order valence-corrected chi connectivity index (χ1v) is 5.68. The Labute approximate surface area is 96.0 Å². The number of aromatic nitrogens is 1. The lowest BCUT2D eigenvalue weighted by Gasteiger charge is -2.20. The molecule has 0 spiro atoms. The molecule has 0 amide bonds. The van der Waals surface area contributed by atoms with Crippen molar-refractivity contribution in [1.82, 2.24) is 4.98 Å². The molecule has 0 aliphatic carbocycles. The molecule has 0 radical (unpaired) electrons. The van der Waals surface area contributed by atoms with Gasteiger partial charge in [-0.2, -0.15) is 0 Å². The van der Waals surface area contributed by atoms with E-state index >= 15 is 0 Å². The minimum absolute atomic E-state index is 0.295. The van der Waals surface area contributed by atoms with Crippen molar-refractivity contribution in [2.24, 2.45) is 0 Å². The number of nitrogens with one attached hydrogen (secondary N) is 1. The van der Waals surface area contributed by atoms with Crippen molar-refractivity contribution in [2.45, 2.75) is 31.9 Å². The van der Waals surface area contributed by atoms with Crippen molar-refractivity contribution in [3.8, 4) is 5.75 Å². The van der Waals surface area contributed by atoms with E-state index in [9.17, 15) is 0 Å². The molecule has 1 N–H and O–H groups in total. The molecular formula is C12H18N2O2. The molecule has 4 heteroatoms. The average molecular weight is 222 g/mol. The van der Waals surface area contributed by atoms with Crippen LogP contribution in [0.5, 0.6) is 5.75 Å². The molecule has 1 aliphatic heterocycles. The third-order valence-corrected chi connectivity index (χ3v) is 2.87. The Bertz CT molecular complexity index is 320. The fourth-order valence-electron chi connectivity index (χ4n) is 1.91. The van der Waals surface area contributed by atoms with E-state index in [1.807, 2.05) is 12.1 Å². The highest BCUT2D eigenvalue weighted by Crippen LogP contribution is 2.19. The fraction of sp³-hybridized carbons (Fsp3) is 0.583. The average Bonchev–Trinajstić information content (AvgIpc) is 2.83. The topological polar surface area (TPSA) is 43.4 Å². The number of hydrogen-bond donors (Lipinski definition) is 1. The van der Waals surface area contributed by atoms with Crippen LogP contribution in [0.15, 0.2) is 18.3 Å². The van der Waals surface area contributed by atoms with Gasteiger partial charge in [-0.15, -0.1) is 0 Å². The quantitative estimate of drug-likeness (QED) is 0.847. The Morgan fingerprint density at radius 2 is 2.44 bits per heavy atom. The molecule has 88 valence electrons. The van der Waals surface area contributed by atoms with Gasteiger partial charge in [0.05, 0.1) is 25.5 Å². The summed E-state index contributed by atoms with van der Waals surface area (Å²) in [6.07, 6.45) is 4.31. The zero-order chi connectivity index (χ0) is 11.4. The first-order valence-electron chi connectivity index (χ1n) is 5.68. The molecule has 1 aromatic heterocycles. The Balaban J connectivity index is 1.92. The van der Waals surface area contributed by atoms with Gasteiger partial charge in [-0.05, 0) is 31.9 Å². The summed E-state index contributed by atoms with van der Waals surface area (Å²) in [6.45, 7) is 3.01. The highest BCUT2D eigenvalue weighted by molar-refractivity contribution is 5.38. The zero-order valence-corrected chi connectivity index (χ0v) is 9.77. The van der Waals surface area contributed by atoms with Crippen LogP contribution in [0.3, 0.4) is 0 Å². The molecule has 1 aliphatic rings. The van der Waals surface area contributed by atoms with Gasteiger partial charge in [0.25, 0.3) is 0 Å². The molecule has 2 rings (SSSR count). The van der Waals surface area contributed by atoms with E-state index in [-0.39, 0.29) is 0 Å². The predicted octanol–water partition coefficient (Wildman–Crippen LogP) is 2.07. The number of anilines is 1. The van der Waals surface area contributed by atoms with Gasteiger partial charge in [-0.25, -0.2) is 4.98 Å². The highest BCUT2D eigenvalue weighted by atomic mass is 16.5. The number of rotatable bonds is 4. The van der Waals surface area contributed by atoms with E-state index in [0.29, 0.717) is 12.1 Å². The Morgan fingerprint density at radius 3 is 3.00 bits per heavy atom. The molecule has 2 atom stereocenters. The lowest BCUT2D eigenvalue weighted by atomic mass is 10.1. The molecule has 1 aromatic rings. The largest absolute Gasteiger partial charge is 0.495 e. The van der Waals surface area contributed by atoms with Gasteiger partial charge in [0.1, 0.15) is 11.6 Å². The number of ether oxygens (including phenoxy) is 2. The molecule has 1 saturated heterocycles. The molecule has 4 nitrogen and oxygen atoms in total. The van der Waals surface area contributed by atoms with Gasteiger partial charge in [0, 0.05) is 6.61 Å². The van der Waals surface area contributed by atoms with Crippen LogP contribution in [0, 0.1) is 0 Å². The van der Waals surface area contributed by atoms with Crippen LogP contribution >= 0.6 is 0 Å². The van der Waals surface area contributed by atoms with Crippen molar-refractivity contribution < 1.29 is 9.47 Å². The standard InChI is InChI=1S/C12H18N2O2/c1-9(11-4-3-7-16-11)14-12-6-5-10(15-2)8-13-12/h5-6,8-9,11H,3-4,7H2,1-2H3,(H,13,14).